The molecule has 0 aliphatic carbocycles. The summed E-state index contributed by atoms with van der Waals surface area (Å²) < 4.78 is 5.71. The fourth-order valence-electron chi connectivity index (χ4n) is 1.77. The van der Waals surface area contributed by atoms with Gasteiger partial charge in [-0.1, -0.05) is 19.9 Å². The summed E-state index contributed by atoms with van der Waals surface area (Å²) in [7, 11) is 0. The van der Waals surface area contributed by atoms with Crippen LogP contribution in [0.25, 0.3) is 0 Å². The van der Waals surface area contributed by atoms with E-state index in [0.717, 1.165) is 16.9 Å². The van der Waals surface area contributed by atoms with Gasteiger partial charge in [0.05, 0.1) is 0 Å². The summed E-state index contributed by atoms with van der Waals surface area (Å²) in [6, 6.07) is 6.13. The third-order valence-corrected chi connectivity index (χ3v) is 3.25. The van der Waals surface area contributed by atoms with Crippen molar-refractivity contribution in [1.29, 1.82) is 0 Å². The van der Waals surface area contributed by atoms with Crippen LogP contribution in [-0.2, 0) is 4.79 Å². The minimum atomic E-state index is -0.484. The van der Waals surface area contributed by atoms with Gasteiger partial charge in [-0.25, -0.2) is 0 Å². The van der Waals surface area contributed by atoms with Crippen molar-refractivity contribution in [3.8, 4) is 5.75 Å². The molecule has 1 aromatic carbocycles. The molecular formula is C16H25NO2. The van der Waals surface area contributed by atoms with Gasteiger partial charge in [-0.3, -0.25) is 4.79 Å². The van der Waals surface area contributed by atoms with Crippen LogP contribution in [0.15, 0.2) is 18.2 Å². The molecule has 0 saturated heterocycles. The largest absolute Gasteiger partial charge is 0.481 e. The van der Waals surface area contributed by atoms with Gasteiger partial charge in [0.2, 0.25) is 0 Å². The molecule has 1 N–H and O–H groups in total. The number of ether oxygens (including phenoxy) is 1. The molecule has 1 rings (SSSR count). The predicted molar refractivity (Wildman–Crippen MR) is 78.4 cm³/mol. The molecule has 0 aromatic heterocycles. The highest BCUT2D eigenvalue weighted by Crippen LogP contribution is 2.17. The van der Waals surface area contributed by atoms with Crippen molar-refractivity contribution in [2.45, 2.75) is 53.7 Å². The molecule has 0 aliphatic heterocycles. The van der Waals surface area contributed by atoms with Gasteiger partial charge in [0.25, 0.3) is 5.91 Å². The predicted octanol–water partition coefficient (Wildman–Crippen LogP) is 3.23. The Kier molecular flexibility index (Phi) is 5.40. The van der Waals surface area contributed by atoms with Gasteiger partial charge in [-0.05, 0) is 56.9 Å². The third kappa shape index (κ3) is 4.93. The molecular weight excluding hydrogens is 238 g/mol. The lowest BCUT2D eigenvalue weighted by molar-refractivity contribution is -0.128. The Hall–Kier alpha value is -1.51. The highest BCUT2D eigenvalue weighted by molar-refractivity contribution is 5.81. The van der Waals surface area contributed by atoms with E-state index in [-0.39, 0.29) is 11.9 Å². The number of rotatable bonds is 5. The quantitative estimate of drug-likeness (QED) is 0.885. The van der Waals surface area contributed by atoms with Gasteiger partial charge >= 0.3 is 0 Å². The van der Waals surface area contributed by atoms with E-state index in [1.54, 1.807) is 6.92 Å². The van der Waals surface area contributed by atoms with Crippen LogP contribution in [0.2, 0.25) is 0 Å². The van der Waals surface area contributed by atoms with E-state index in [1.807, 2.05) is 32.9 Å². The van der Waals surface area contributed by atoms with Crippen LogP contribution >= 0.6 is 0 Å². The second-order valence-corrected chi connectivity index (χ2v) is 5.62. The zero-order chi connectivity index (χ0) is 14.6. The normalized spacial score (nSPS) is 14.1. The first-order chi connectivity index (χ1) is 8.79. The number of carbonyl (C=O) groups excluding carboxylic acids is 1. The molecule has 2 atom stereocenters. The summed E-state index contributed by atoms with van der Waals surface area (Å²) in [5, 5.41) is 2.96. The van der Waals surface area contributed by atoms with E-state index in [4.69, 9.17) is 4.74 Å². The lowest BCUT2D eigenvalue weighted by Gasteiger charge is -2.21. The van der Waals surface area contributed by atoms with E-state index in [9.17, 15) is 4.79 Å². The molecule has 19 heavy (non-hydrogen) atoms. The number of carbonyl (C=O) groups is 1. The van der Waals surface area contributed by atoms with Gasteiger partial charge in [0.1, 0.15) is 5.75 Å². The Morgan fingerprint density at radius 2 is 1.58 bits per heavy atom. The maximum absolute atomic E-state index is 12.0. The van der Waals surface area contributed by atoms with Crippen molar-refractivity contribution in [2.75, 3.05) is 0 Å². The van der Waals surface area contributed by atoms with Crippen molar-refractivity contribution < 1.29 is 9.53 Å². The number of hydrogen-bond acceptors (Lipinski definition) is 2. The van der Waals surface area contributed by atoms with Crippen LogP contribution in [0, 0.1) is 19.8 Å². The van der Waals surface area contributed by atoms with Crippen LogP contribution in [-0.4, -0.2) is 18.1 Å². The molecule has 1 aromatic rings. The zero-order valence-corrected chi connectivity index (χ0v) is 12.8. The van der Waals surface area contributed by atoms with Gasteiger partial charge in [0, 0.05) is 6.04 Å². The van der Waals surface area contributed by atoms with E-state index in [1.165, 1.54) is 0 Å². The second-order valence-electron chi connectivity index (χ2n) is 5.62. The van der Waals surface area contributed by atoms with Gasteiger partial charge in [-0.2, -0.15) is 0 Å². The van der Waals surface area contributed by atoms with E-state index in [2.05, 4.69) is 25.2 Å². The third-order valence-electron chi connectivity index (χ3n) is 3.25. The minimum absolute atomic E-state index is 0.0691. The van der Waals surface area contributed by atoms with Crippen LogP contribution in [0.1, 0.15) is 38.8 Å². The van der Waals surface area contributed by atoms with Crippen molar-refractivity contribution in [1.82, 2.24) is 5.32 Å². The highest BCUT2D eigenvalue weighted by Gasteiger charge is 2.18. The average molecular weight is 263 g/mol. The maximum atomic E-state index is 12.0. The average Bonchev–Trinajstić information content (AvgIpc) is 2.26. The Morgan fingerprint density at radius 3 is 2.05 bits per heavy atom. The van der Waals surface area contributed by atoms with Gasteiger partial charge < -0.3 is 10.1 Å². The van der Waals surface area contributed by atoms with Gasteiger partial charge in [-0.15, -0.1) is 0 Å². The summed E-state index contributed by atoms with van der Waals surface area (Å²) in [4.78, 5) is 12.0. The van der Waals surface area contributed by atoms with Crippen LogP contribution < -0.4 is 10.1 Å². The molecule has 0 heterocycles. The monoisotopic (exact) mass is 263 g/mol. The zero-order valence-electron chi connectivity index (χ0n) is 12.8. The lowest BCUT2D eigenvalue weighted by Crippen LogP contribution is -2.43. The first kappa shape index (κ1) is 15.5. The number of aryl methyl sites for hydroxylation is 2. The van der Waals surface area contributed by atoms with Crippen LogP contribution in [0.3, 0.4) is 0 Å². The molecule has 0 spiro atoms. The SMILES string of the molecule is Cc1cc(C)cc(O[C@H](C)C(=O)N[C@H](C)C(C)C)c1. The summed E-state index contributed by atoms with van der Waals surface area (Å²) in [6.45, 7) is 12.0. The molecule has 0 aliphatic rings. The first-order valence-electron chi connectivity index (χ1n) is 6.85. The molecule has 0 saturated carbocycles. The molecule has 0 unspecified atom stereocenters. The Morgan fingerprint density at radius 1 is 1.05 bits per heavy atom. The van der Waals surface area contributed by atoms with E-state index >= 15 is 0 Å². The summed E-state index contributed by atoms with van der Waals surface area (Å²) in [5.41, 5.74) is 2.27. The second kappa shape index (κ2) is 6.60. The molecule has 3 heteroatoms. The molecule has 0 radical (unpaired) electrons. The number of nitrogens with one attached hydrogen (secondary N) is 1. The van der Waals surface area contributed by atoms with Crippen molar-refractivity contribution >= 4 is 5.91 Å². The number of hydrogen-bond donors (Lipinski definition) is 1. The summed E-state index contributed by atoms with van der Waals surface area (Å²) in [5.74, 6) is 1.09. The standard InChI is InChI=1S/C16H25NO2/c1-10(2)13(5)17-16(18)14(6)19-15-8-11(3)7-12(4)9-15/h7-10,13-14H,1-6H3,(H,17,18)/t13-,14-/m1/s1. The minimum Gasteiger partial charge on any atom is -0.481 e. The summed E-state index contributed by atoms with van der Waals surface area (Å²) >= 11 is 0. The highest BCUT2D eigenvalue weighted by atomic mass is 16.5. The molecule has 1 amide bonds. The number of amides is 1. The van der Waals surface area contributed by atoms with E-state index in [0.29, 0.717) is 5.92 Å². The van der Waals surface area contributed by atoms with Crippen LogP contribution in [0.5, 0.6) is 5.75 Å². The first-order valence-corrected chi connectivity index (χ1v) is 6.85. The van der Waals surface area contributed by atoms with E-state index < -0.39 is 6.10 Å². The fourth-order valence-corrected chi connectivity index (χ4v) is 1.77. The molecule has 0 bridgehead atoms. The topological polar surface area (TPSA) is 38.3 Å². The fraction of sp³-hybridized carbons (Fsp3) is 0.562. The molecule has 0 fully saturated rings. The Labute approximate surface area is 116 Å². The molecule has 3 nitrogen and oxygen atoms in total. The molecule has 106 valence electrons. The van der Waals surface area contributed by atoms with Crippen LogP contribution in [0.4, 0.5) is 0 Å². The maximum Gasteiger partial charge on any atom is 0.260 e. The Balaban J connectivity index is 2.63. The lowest BCUT2D eigenvalue weighted by atomic mass is 10.1. The number of benzene rings is 1. The smallest absolute Gasteiger partial charge is 0.260 e. The van der Waals surface area contributed by atoms with Crippen molar-refractivity contribution in [3.63, 3.8) is 0 Å². The Bertz CT molecular complexity index is 420. The van der Waals surface area contributed by atoms with Crippen molar-refractivity contribution in [3.05, 3.63) is 29.3 Å². The summed E-state index contributed by atoms with van der Waals surface area (Å²) in [6.07, 6.45) is -0.484. The van der Waals surface area contributed by atoms with Gasteiger partial charge in [0.15, 0.2) is 6.10 Å². The van der Waals surface area contributed by atoms with Crippen molar-refractivity contribution in [2.24, 2.45) is 5.92 Å².